The van der Waals surface area contributed by atoms with E-state index in [2.05, 4.69) is 41.7 Å². The molecular weight excluding hydrogens is 294 g/mol. The highest BCUT2D eigenvalue weighted by atomic mass is 79.9. The van der Waals surface area contributed by atoms with Gasteiger partial charge in [-0.1, -0.05) is 29.3 Å². The van der Waals surface area contributed by atoms with Crippen molar-refractivity contribution in [2.45, 2.75) is 57.7 Å². The molecule has 0 amide bonds. The Morgan fingerprint density at radius 1 is 1.35 bits per heavy atom. The first kappa shape index (κ1) is 13.5. The Bertz CT molecular complexity index is 355. The molecular formula is C14H22BrNS. The van der Waals surface area contributed by atoms with Gasteiger partial charge in [0.15, 0.2) is 0 Å². The van der Waals surface area contributed by atoms with Crippen LogP contribution in [0.25, 0.3) is 0 Å². The van der Waals surface area contributed by atoms with E-state index in [0.717, 1.165) is 11.8 Å². The van der Waals surface area contributed by atoms with Gasteiger partial charge in [-0.25, -0.2) is 4.98 Å². The zero-order valence-corrected chi connectivity index (χ0v) is 13.4. The summed E-state index contributed by atoms with van der Waals surface area (Å²) < 4.78 is 0. The van der Waals surface area contributed by atoms with Crippen LogP contribution in [0.5, 0.6) is 0 Å². The summed E-state index contributed by atoms with van der Waals surface area (Å²) in [7, 11) is 0. The highest BCUT2D eigenvalue weighted by Crippen LogP contribution is 2.37. The van der Waals surface area contributed by atoms with Gasteiger partial charge in [-0.3, -0.25) is 0 Å². The molecule has 0 aromatic carbocycles. The van der Waals surface area contributed by atoms with E-state index < -0.39 is 0 Å². The number of halogens is 1. The van der Waals surface area contributed by atoms with Gasteiger partial charge >= 0.3 is 0 Å². The lowest BCUT2D eigenvalue weighted by molar-refractivity contribution is 0.271. The van der Waals surface area contributed by atoms with Gasteiger partial charge in [-0.15, -0.1) is 11.3 Å². The molecule has 3 heteroatoms. The maximum Gasteiger partial charge on any atom is 0.0934 e. The van der Waals surface area contributed by atoms with E-state index in [1.165, 1.54) is 47.7 Å². The highest BCUT2D eigenvalue weighted by Gasteiger charge is 2.28. The van der Waals surface area contributed by atoms with E-state index >= 15 is 0 Å². The summed E-state index contributed by atoms with van der Waals surface area (Å²) in [6, 6.07) is 0. The molecule has 0 aliphatic heterocycles. The lowest BCUT2D eigenvalue weighted by Gasteiger charge is -2.32. The maximum absolute atomic E-state index is 4.69. The average molecular weight is 316 g/mol. The van der Waals surface area contributed by atoms with Gasteiger partial charge in [0.1, 0.15) is 0 Å². The Morgan fingerprint density at radius 3 is 2.71 bits per heavy atom. The van der Waals surface area contributed by atoms with Gasteiger partial charge in [0, 0.05) is 16.1 Å². The minimum absolute atomic E-state index is 0.704. The summed E-state index contributed by atoms with van der Waals surface area (Å²) in [6.45, 7) is 6.63. The van der Waals surface area contributed by atoms with Crippen LogP contribution in [0.2, 0.25) is 0 Å². The molecule has 1 fully saturated rings. The Labute approximate surface area is 117 Å². The van der Waals surface area contributed by atoms with Crippen molar-refractivity contribution in [2.75, 3.05) is 0 Å². The molecule has 0 N–H and O–H groups in total. The van der Waals surface area contributed by atoms with Gasteiger partial charge in [0.2, 0.25) is 0 Å². The molecule has 1 aliphatic rings. The topological polar surface area (TPSA) is 12.9 Å². The lowest BCUT2D eigenvalue weighted by Crippen LogP contribution is -2.26. The second-order valence-electron chi connectivity index (χ2n) is 5.32. The summed E-state index contributed by atoms with van der Waals surface area (Å²) >= 11 is 5.76. The molecule has 0 spiro atoms. The first-order valence-corrected chi connectivity index (χ1v) is 8.40. The van der Waals surface area contributed by atoms with Crippen LogP contribution < -0.4 is 0 Å². The van der Waals surface area contributed by atoms with Gasteiger partial charge in [0.05, 0.1) is 10.7 Å². The molecule has 0 bridgehead atoms. The molecule has 0 saturated heterocycles. The Morgan fingerprint density at radius 2 is 2.12 bits per heavy atom. The Hall–Kier alpha value is 0.110. The normalized spacial score (nSPS) is 29.5. The van der Waals surface area contributed by atoms with Crippen LogP contribution in [0.3, 0.4) is 0 Å². The van der Waals surface area contributed by atoms with Crippen molar-refractivity contribution in [1.29, 1.82) is 0 Å². The zero-order chi connectivity index (χ0) is 12.4. The van der Waals surface area contributed by atoms with Crippen LogP contribution >= 0.6 is 27.3 Å². The van der Waals surface area contributed by atoms with Gasteiger partial charge in [-0.05, 0) is 44.9 Å². The van der Waals surface area contributed by atoms with Crippen LogP contribution in [0, 0.1) is 25.7 Å². The summed E-state index contributed by atoms with van der Waals surface area (Å²) in [5.41, 5.74) is 1.22. The molecule has 17 heavy (non-hydrogen) atoms. The molecule has 0 radical (unpaired) electrons. The fourth-order valence-electron chi connectivity index (χ4n) is 2.76. The number of aromatic nitrogens is 1. The van der Waals surface area contributed by atoms with Crippen LogP contribution in [-0.2, 0) is 6.42 Å². The number of nitrogens with zero attached hydrogens (tertiary/aromatic N) is 1. The Kier molecular flexibility index (Phi) is 4.65. The molecule has 96 valence electrons. The van der Waals surface area contributed by atoms with E-state index in [-0.39, 0.29) is 0 Å². The molecule has 1 nitrogen and oxygen atoms in total. The number of aryl methyl sites for hydroxylation is 2. The smallest absolute Gasteiger partial charge is 0.0934 e. The van der Waals surface area contributed by atoms with Crippen LogP contribution in [0.1, 0.15) is 48.2 Å². The van der Waals surface area contributed by atoms with E-state index in [0.29, 0.717) is 4.83 Å². The van der Waals surface area contributed by atoms with Crippen LogP contribution in [-0.4, -0.2) is 9.81 Å². The second-order valence-corrected chi connectivity index (χ2v) is 7.78. The molecule has 2 rings (SSSR count). The maximum atomic E-state index is 4.69. The van der Waals surface area contributed by atoms with Crippen molar-refractivity contribution in [1.82, 2.24) is 4.98 Å². The second kappa shape index (κ2) is 5.83. The minimum Gasteiger partial charge on any atom is -0.246 e. The number of hydrogen-bond donors (Lipinski definition) is 0. The standard InChI is InChI=1S/C14H22BrNS/c1-4-11-5-6-13(15)12(7-11)8-14-16-9(2)10(3)17-14/h11-13H,4-8H2,1-3H3. The third-order valence-electron chi connectivity index (χ3n) is 4.09. The molecule has 1 saturated carbocycles. The quantitative estimate of drug-likeness (QED) is 0.723. The number of alkyl halides is 1. The lowest BCUT2D eigenvalue weighted by atomic mass is 9.79. The summed E-state index contributed by atoms with van der Waals surface area (Å²) in [4.78, 5) is 6.77. The highest BCUT2D eigenvalue weighted by molar-refractivity contribution is 9.09. The number of rotatable bonds is 3. The predicted molar refractivity (Wildman–Crippen MR) is 79.1 cm³/mol. The molecule has 1 aliphatic carbocycles. The third kappa shape index (κ3) is 3.31. The first-order valence-electron chi connectivity index (χ1n) is 6.67. The van der Waals surface area contributed by atoms with Crippen molar-refractivity contribution in [3.8, 4) is 0 Å². The zero-order valence-electron chi connectivity index (χ0n) is 11.0. The van der Waals surface area contributed by atoms with E-state index in [1.807, 2.05) is 11.3 Å². The predicted octanol–water partition coefficient (Wildman–Crippen LogP) is 4.89. The SMILES string of the molecule is CCC1CCC(Br)C(Cc2nc(C)c(C)s2)C1. The minimum atomic E-state index is 0.704. The summed E-state index contributed by atoms with van der Waals surface area (Å²) in [5, 5.41) is 1.34. The number of hydrogen-bond acceptors (Lipinski definition) is 2. The molecule has 3 unspecified atom stereocenters. The van der Waals surface area contributed by atoms with Crippen molar-refractivity contribution in [3.63, 3.8) is 0 Å². The monoisotopic (exact) mass is 315 g/mol. The van der Waals surface area contributed by atoms with Crippen molar-refractivity contribution >= 4 is 27.3 Å². The fourth-order valence-corrected chi connectivity index (χ4v) is 4.45. The summed E-state index contributed by atoms with van der Waals surface area (Å²) in [5.74, 6) is 1.73. The first-order chi connectivity index (χ1) is 8.10. The van der Waals surface area contributed by atoms with E-state index in [9.17, 15) is 0 Å². The molecule has 1 aromatic heterocycles. The van der Waals surface area contributed by atoms with Crippen molar-refractivity contribution in [3.05, 3.63) is 15.6 Å². The largest absolute Gasteiger partial charge is 0.246 e. The molecule has 1 heterocycles. The summed E-state index contributed by atoms with van der Waals surface area (Å²) in [6.07, 6.45) is 6.63. The fraction of sp³-hybridized carbons (Fsp3) is 0.786. The van der Waals surface area contributed by atoms with Gasteiger partial charge in [-0.2, -0.15) is 0 Å². The van der Waals surface area contributed by atoms with Crippen molar-refractivity contribution in [2.24, 2.45) is 11.8 Å². The van der Waals surface area contributed by atoms with Crippen LogP contribution in [0.4, 0.5) is 0 Å². The van der Waals surface area contributed by atoms with E-state index in [1.54, 1.807) is 0 Å². The van der Waals surface area contributed by atoms with Crippen molar-refractivity contribution < 1.29 is 0 Å². The van der Waals surface area contributed by atoms with Gasteiger partial charge in [0.25, 0.3) is 0 Å². The van der Waals surface area contributed by atoms with Gasteiger partial charge < -0.3 is 0 Å². The van der Waals surface area contributed by atoms with E-state index in [4.69, 9.17) is 0 Å². The average Bonchev–Trinajstić information content (AvgIpc) is 2.61. The van der Waals surface area contributed by atoms with Crippen LogP contribution in [0.15, 0.2) is 0 Å². The Balaban J connectivity index is 2.01. The third-order valence-corrected chi connectivity index (χ3v) is 6.39. The molecule has 3 atom stereocenters. The molecule has 1 aromatic rings. The number of thiazole rings is 1.